The standard InChI is InChI=1S/C16H27N3/c1-3-8-19-16(13-6-5-12(4-2)10-13)14-11-18-9-7-15(14)17/h7,9,11-13,16,19H,3-6,8,10H2,1-2H3,(H2,17,18). The van der Waals surface area contributed by atoms with Gasteiger partial charge in [0.1, 0.15) is 0 Å². The van der Waals surface area contributed by atoms with Crippen molar-refractivity contribution in [3.63, 3.8) is 0 Å². The SMILES string of the molecule is CCCNC(c1cnccc1N)C1CCC(CC)C1. The fraction of sp³-hybridized carbons (Fsp3) is 0.688. The van der Waals surface area contributed by atoms with Gasteiger partial charge in [0.2, 0.25) is 0 Å². The monoisotopic (exact) mass is 261 g/mol. The summed E-state index contributed by atoms with van der Waals surface area (Å²) in [4.78, 5) is 4.27. The highest BCUT2D eigenvalue weighted by Gasteiger charge is 2.31. The lowest BCUT2D eigenvalue weighted by Gasteiger charge is -2.26. The number of pyridine rings is 1. The van der Waals surface area contributed by atoms with Gasteiger partial charge in [-0.2, -0.15) is 0 Å². The van der Waals surface area contributed by atoms with Gasteiger partial charge in [-0.25, -0.2) is 0 Å². The second kappa shape index (κ2) is 6.90. The molecule has 1 fully saturated rings. The molecule has 19 heavy (non-hydrogen) atoms. The van der Waals surface area contributed by atoms with Crippen molar-refractivity contribution >= 4 is 5.69 Å². The van der Waals surface area contributed by atoms with Crippen LogP contribution < -0.4 is 11.1 Å². The van der Waals surface area contributed by atoms with Gasteiger partial charge >= 0.3 is 0 Å². The van der Waals surface area contributed by atoms with E-state index in [1.54, 1.807) is 6.20 Å². The van der Waals surface area contributed by atoms with Crippen molar-refractivity contribution in [3.8, 4) is 0 Å². The molecule has 3 unspecified atom stereocenters. The summed E-state index contributed by atoms with van der Waals surface area (Å²) < 4.78 is 0. The summed E-state index contributed by atoms with van der Waals surface area (Å²) in [5.74, 6) is 1.61. The average molecular weight is 261 g/mol. The first-order valence-corrected chi connectivity index (χ1v) is 7.69. The van der Waals surface area contributed by atoms with E-state index in [4.69, 9.17) is 5.73 Å². The third kappa shape index (κ3) is 3.47. The lowest BCUT2D eigenvalue weighted by Crippen LogP contribution is -2.29. The Hall–Kier alpha value is -1.09. The Morgan fingerprint density at radius 3 is 2.89 bits per heavy atom. The van der Waals surface area contributed by atoms with Crippen molar-refractivity contribution < 1.29 is 0 Å². The van der Waals surface area contributed by atoms with Crippen LogP contribution in [-0.2, 0) is 0 Å². The first kappa shape index (κ1) is 14.3. The minimum Gasteiger partial charge on any atom is -0.398 e. The third-order valence-electron chi connectivity index (χ3n) is 4.47. The summed E-state index contributed by atoms with van der Waals surface area (Å²) in [5, 5.41) is 3.69. The van der Waals surface area contributed by atoms with Gasteiger partial charge in [0.05, 0.1) is 0 Å². The molecule has 0 saturated heterocycles. The number of nitrogens with one attached hydrogen (secondary N) is 1. The van der Waals surface area contributed by atoms with E-state index in [2.05, 4.69) is 24.1 Å². The Balaban J connectivity index is 2.14. The molecule has 0 bridgehead atoms. The third-order valence-corrected chi connectivity index (χ3v) is 4.47. The molecular formula is C16H27N3. The van der Waals surface area contributed by atoms with Gasteiger partial charge in [-0.15, -0.1) is 0 Å². The van der Waals surface area contributed by atoms with Crippen LogP contribution >= 0.6 is 0 Å². The molecule has 3 heteroatoms. The Morgan fingerprint density at radius 1 is 1.42 bits per heavy atom. The van der Waals surface area contributed by atoms with Crippen LogP contribution in [0.5, 0.6) is 0 Å². The molecule has 3 atom stereocenters. The van der Waals surface area contributed by atoms with E-state index in [9.17, 15) is 0 Å². The van der Waals surface area contributed by atoms with Crippen LogP contribution in [0.3, 0.4) is 0 Å². The van der Waals surface area contributed by atoms with Gasteiger partial charge in [-0.05, 0) is 43.7 Å². The Bertz CT molecular complexity index is 391. The van der Waals surface area contributed by atoms with Crippen LogP contribution in [0.1, 0.15) is 57.6 Å². The number of aromatic nitrogens is 1. The van der Waals surface area contributed by atoms with Crippen molar-refractivity contribution in [2.24, 2.45) is 11.8 Å². The van der Waals surface area contributed by atoms with E-state index in [1.165, 1.54) is 31.2 Å². The first-order valence-electron chi connectivity index (χ1n) is 7.69. The quantitative estimate of drug-likeness (QED) is 0.823. The van der Waals surface area contributed by atoms with Crippen LogP contribution in [0, 0.1) is 11.8 Å². The molecule has 3 N–H and O–H groups in total. The Labute approximate surface area is 117 Å². The highest BCUT2D eigenvalue weighted by Crippen LogP contribution is 2.41. The van der Waals surface area contributed by atoms with E-state index < -0.39 is 0 Å². The summed E-state index contributed by atoms with van der Waals surface area (Å²) in [6, 6.07) is 2.30. The predicted octanol–water partition coefficient (Wildman–Crippen LogP) is 3.53. The molecule has 0 radical (unpaired) electrons. The molecule has 3 nitrogen and oxygen atoms in total. The summed E-state index contributed by atoms with van der Waals surface area (Å²) in [5.41, 5.74) is 8.22. The van der Waals surface area contributed by atoms with Gasteiger partial charge in [0.15, 0.2) is 0 Å². The molecule has 2 rings (SSSR count). The number of rotatable bonds is 6. The lowest BCUT2D eigenvalue weighted by atomic mass is 9.90. The maximum Gasteiger partial charge on any atom is 0.0393 e. The average Bonchev–Trinajstić information content (AvgIpc) is 2.90. The smallest absolute Gasteiger partial charge is 0.0393 e. The van der Waals surface area contributed by atoms with Crippen molar-refractivity contribution in [3.05, 3.63) is 24.0 Å². The summed E-state index contributed by atoms with van der Waals surface area (Å²) in [6.07, 6.45) is 10.2. The van der Waals surface area contributed by atoms with Gasteiger partial charge in [-0.3, -0.25) is 4.98 Å². The van der Waals surface area contributed by atoms with Crippen LogP contribution in [-0.4, -0.2) is 11.5 Å². The number of nitrogens with zero attached hydrogens (tertiary/aromatic N) is 1. The molecule has 1 aromatic heterocycles. The second-order valence-electron chi connectivity index (χ2n) is 5.78. The molecule has 1 aromatic rings. The van der Waals surface area contributed by atoms with E-state index in [0.29, 0.717) is 12.0 Å². The minimum atomic E-state index is 0.380. The minimum absolute atomic E-state index is 0.380. The summed E-state index contributed by atoms with van der Waals surface area (Å²) in [6.45, 7) is 5.56. The van der Waals surface area contributed by atoms with Gasteiger partial charge < -0.3 is 11.1 Å². The van der Waals surface area contributed by atoms with Gasteiger partial charge in [0, 0.05) is 29.7 Å². The molecule has 0 aliphatic heterocycles. The van der Waals surface area contributed by atoms with E-state index in [0.717, 1.165) is 24.6 Å². The molecule has 1 saturated carbocycles. The van der Waals surface area contributed by atoms with Crippen molar-refractivity contribution in [2.75, 3.05) is 12.3 Å². The Morgan fingerprint density at radius 2 is 2.26 bits per heavy atom. The predicted molar refractivity (Wildman–Crippen MR) is 80.8 cm³/mol. The highest BCUT2D eigenvalue weighted by atomic mass is 14.9. The lowest BCUT2D eigenvalue weighted by molar-refractivity contribution is 0.354. The van der Waals surface area contributed by atoms with Crippen LogP contribution in [0.15, 0.2) is 18.5 Å². The van der Waals surface area contributed by atoms with Gasteiger partial charge in [0.25, 0.3) is 0 Å². The van der Waals surface area contributed by atoms with Crippen molar-refractivity contribution in [2.45, 2.75) is 52.0 Å². The topological polar surface area (TPSA) is 50.9 Å². The maximum absolute atomic E-state index is 6.15. The molecule has 0 amide bonds. The van der Waals surface area contributed by atoms with Crippen molar-refractivity contribution in [1.82, 2.24) is 10.3 Å². The molecule has 1 aliphatic carbocycles. The summed E-state index contributed by atoms with van der Waals surface area (Å²) in [7, 11) is 0. The second-order valence-corrected chi connectivity index (χ2v) is 5.78. The molecular weight excluding hydrogens is 234 g/mol. The number of nitrogen functional groups attached to an aromatic ring is 1. The number of hydrogen-bond donors (Lipinski definition) is 2. The molecule has 106 valence electrons. The fourth-order valence-electron chi connectivity index (χ4n) is 3.29. The van der Waals surface area contributed by atoms with Crippen molar-refractivity contribution in [1.29, 1.82) is 0 Å². The number of nitrogens with two attached hydrogens (primary N) is 1. The van der Waals surface area contributed by atoms with Gasteiger partial charge in [-0.1, -0.05) is 26.7 Å². The van der Waals surface area contributed by atoms with Crippen LogP contribution in [0.25, 0.3) is 0 Å². The normalized spacial score (nSPS) is 24.5. The highest BCUT2D eigenvalue weighted by molar-refractivity contribution is 5.46. The zero-order valence-corrected chi connectivity index (χ0v) is 12.2. The van der Waals surface area contributed by atoms with E-state index in [-0.39, 0.29) is 0 Å². The van der Waals surface area contributed by atoms with E-state index >= 15 is 0 Å². The zero-order valence-electron chi connectivity index (χ0n) is 12.2. The number of hydrogen-bond acceptors (Lipinski definition) is 3. The maximum atomic E-state index is 6.15. The zero-order chi connectivity index (χ0) is 13.7. The van der Waals surface area contributed by atoms with Crippen LogP contribution in [0.4, 0.5) is 5.69 Å². The summed E-state index contributed by atoms with van der Waals surface area (Å²) >= 11 is 0. The molecule has 0 aromatic carbocycles. The fourth-order valence-corrected chi connectivity index (χ4v) is 3.29. The molecule has 1 aliphatic rings. The van der Waals surface area contributed by atoms with Crippen LogP contribution in [0.2, 0.25) is 0 Å². The number of anilines is 1. The largest absolute Gasteiger partial charge is 0.398 e. The Kier molecular flexibility index (Phi) is 5.20. The molecule has 0 spiro atoms. The first-order chi connectivity index (χ1) is 9.26. The van der Waals surface area contributed by atoms with E-state index in [1.807, 2.05) is 12.3 Å². The molecule has 1 heterocycles.